The van der Waals surface area contributed by atoms with Crippen LogP contribution in [0.1, 0.15) is 12.8 Å². The largest absolute Gasteiger partial charge is 0.382 e. The van der Waals surface area contributed by atoms with Gasteiger partial charge in [-0.05, 0) is 12.8 Å². The van der Waals surface area contributed by atoms with E-state index >= 15 is 0 Å². The Morgan fingerprint density at radius 2 is 2.33 bits per heavy atom. The first-order valence-corrected chi connectivity index (χ1v) is 3.87. The van der Waals surface area contributed by atoms with Crippen molar-refractivity contribution in [2.45, 2.75) is 18.9 Å². The minimum absolute atomic E-state index is 0.308. The van der Waals surface area contributed by atoms with Crippen LogP contribution < -0.4 is 22.3 Å². The molecule has 2 rings (SSSR count). The van der Waals surface area contributed by atoms with E-state index < -0.39 is 0 Å². The number of rotatable bonds is 2. The Bertz CT molecular complexity index is 240. The molecule has 0 unspecified atom stereocenters. The molecule has 12 heavy (non-hydrogen) atoms. The fraction of sp³-hybridized carbons (Fsp3) is 0.500. The third-order valence-corrected chi connectivity index (χ3v) is 1.64. The summed E-state index contributed by atoms with van der Waals surface area (Å²) in [4.78, 5) is 3.80. The molecular formula is C6H12N6. The van der Waals surface area contributed by atoms with Crippen molar-refractivity contribution in [2.24, 2.45) is 16.5 Å². The Morgan fingerprint density at radius 3 is 2.92 bits per heavy atom. The third kappa shape index (κ3) is 1.59. The van der Waals surface area contributed by atoms with Gasteiger partial charge in [-0.1, -0.05) is 0 Å². The van der Waals surface area contributed by atoms with Gasteiger partial charge in [-0.3, -0.25) is 5.43 Å². The maximum Gasteiger partial charge on any atom is 0.215 e. The molecule has 0 saturated heterocycles. The highest BCUT2D eigenvalue weighted by atomic mass is 15.7. The smallest absolute Gasteiger partial charge is 0.215 e. The molecule has 1 fully saturated rings. The quantitative estimate of drug-likeness (QED) is 0.405. The summed E-state index contributed by atoms with van der Waals surface area (Å²) >= 11 is 0. The van der Waals surface area contributed by atoms with Crippen molar-refractivity contribution in [3.05, 3.63) is 12.0 Å². The highest BCUT2D eigenvalue weighted by Crippen LogP contribution is 2.19. The zero-order valence-corrected chi connectivity index (χ0v) is 6.62. The molecule has 1 heterocycles. The second-order valence-electron chi connectivity index (χ2n) is 2.94. The number of guanidine groups is 1. The summed E-state index contributed by atoms with van der Waals surface area (Å²) < 4.78 is 0. The van der Waals surface area contributed by atoms with Crippen molar-refractivity contribution in [3.8, 4) is 0 Å². The lowest BCUT2D eigenvalue weighted by Gasteiger charge is -2.25. The molecule has 0 amide bonds. The topological polar surface area (TPSA) is 91.7 Å². The molecule has 0 radical (unpaired) electrons. The summed E-state index contributed by atoms with van der Waals surface area (Å²) in [7, 11) is 0. The van der Waals surface area contributed by atoms with Crippen molar-refractivity contribution in [3.63, 3.8) is 0 Å². The summed E-state index contributed by atoms with van der Waals surface area (Å²) in [5, 5.41) is 1.65. The van der Waals surface area contributed by atoms with Crippen LogP contribution in [0.3, 0.4) is 0 Å². The van der Waals surface area contributed by atoms with E-state index in [0.717, 1.165) is 0 Å². The number of nitrogens with one attached hydrogen (secondary N) is 2. The molecule has 0 aromatic rings. The molecule has 1 aliphatic carbocycles. The second kappa shape index (κ2) is 2.56. The van der Waals surface area contributed by atoms with Crippen molar-refractivity contribution >= 4 is 5.96 Å². The number of aliphatic imine (C=N–C) groups is 1. The lowest BCUT2D eigenvalue weighted by atomic mass is 10.7. The summed E-state index contributed by atoms with van der Waals surface area (Å²) in [5.74, 6) is 0.711. The van der Waals surface area contributed by atoms with Gasteiger partial charge < -0.3 is 11.5 Å². The van der Waals surface area contributed by atoms with Crippen LogP contribution in [0.2, 0.25) is 0 Å². The number of hydrogen-bond donors (Lipinski definition) is 4. The van der Waals surface area contributed by atoms with Gasteiger partial charge in [-0.25, -0.2) is 10.5 Å². The first-order chi connectivity index (χ1) is 5.74. The molecule has 1 saturated carbocycles. The summed E-state index contributed by atoms with van der Waals surface area (Å²) in [6.45, 7) is 0. The molecule has 2 aliphatic rings. The Labute approximate surface area is 70.2 Å². The zero-order valence-electron chi connectivity index (χ0n) is 6.62. The van der Waals surface area contributed by atoms with Crippen molar-refractivity contribution < 1.29 is 0 Å². The monoisotopic (exact) mass is 168 g/mol. The predicted octanol–water partition coefficient (Wildman–Crippen LogP) is -1.45. The van der Waals surface area contributed by atoms with Gasteiger partial charge in [0, 0.05) is 6.04 Å². The van der Waals surface area contributed by atoms with Gasteiger partial charge in [0.05, 0.1) is 6.20 Å². The maximum absolute atomic E-state index is 5.48. The minimum atomic E-state index is 0.308. The van der Waals surface area contributed by atoms with Crippen molar-refractivity contribution in [1.82, 2.24) is 16.0 Å². The van der Waals surface area contributed by atoms with Crippen LogP contribution in [-0.2, 0) is 0 Å². The van der Waals surface area contributed by atoms with E-state index in [1.807, 2.05) is 0 Å². The normalized spacial score (nSPS) is 22.8. The van der Waals surface area contributed by atoms with Gasteiger partial charge in [0.1, 0.15) is 5.82 Å². The van der Waals surface area contributed by atoms with Crippen LogP contribution in [0.4, 0.5) is 0 Å². The molecule has 1 aliphatic heterocycles. The van der Waals surface area contributed by atoms with Crippen LogP contribution in [-0.4, -0.2) is 17.1 Å². The van der Waals surface area contributed by atoms with Crippen molar-refractivity contribution in [1.29, 1.82) is 0 Å². The number of nitrogens with two attached hydrogens (primary N) is 2. The van der Waals surface area contributed by atoms with Crippen LogP contribution in [0.5, 0.6) is 0 Å². The summed E-state index contributed by atoms with van der Waals surface area (Å²) in [6, 6.07) is 0.549. The minimum Gasteiger partial charge on any atom is -0.382 e. The summed E-state index contributed by atoms with van der Waals surface area (Å²) in [5.41, 5.74) is 16.9. The lowest BCUT2D eigenvalue weighted by Crippen LogP contribution is -2.53. The standard InChI is InChI=1S/C6H12N6/c7-5-3-12(10-4-1-2-4)11-6(8)9-5/h3-4,10H,1-2,7H2,(H3,8,9,11). The average Bonchev–Trinajstić information content (AvgIpc) is 2.68. The number of hydrazine groups is 2. The van der Waals surface area contributed by atoms with Gasteiger partial charge in [-0.2, -0.15) is 4.99 Å². The van der Waals surface area contributed by atoms with Crippen LogP contribution in [0.25, 0.3) is 0 Å². The Balaban J connectivity index is 1.95. The van der Waals surface area contributed by atoms with Gasteiger partial charge in [0.2, 0.25) is 5.96 Å². The first-order valence-electron chi connectivity index (χ1n) is 3.87. The molecule has 66 valence electrons. The number of hydrogen-bond acceptors (Lipinski definition) is 6. The molecule has 6 nitrogen and oxygen atoms in total. The van der Waals surface area contributed by atoms with E-state index in [1.54, 1.807) is 11.3 Å². The van der Waals surface area contributed by atoms with E-state index in [-0.39, 0.29) is 0 Å². The Kier molecular flexibility index (Phi) is 1.54. The Hall–Kier alpha value is -1.43. The molecule has 0 bridgehead atoms. The second-order valence-corrected chi connectivity index (χ2v) is 2.94. The van der Waals surface area contributed by atoms with Gasteiger partial charge in [-0.15, -0.1) is 0 Å². The molecule has 0 aromatic heterocycles. The number of nitrogens with zero attached hydrogens (tertiary/aromatic N) is 2. The van der Waals surface area contributed by atoms with Gasteiger partial charge in [0.15, 0.2) is 0 Å². The molecule has 6 heteroatoms. The molecule has 0 spiro atoms. The van der Waals surface area contributed by atoms with Crippen LogP contribution in [0, 0.1) is 0 Å². The maximum atomic E-state index is 5.48. The fourth-order valence-electron chi connectivity index (χ4n) is 0.960. The average molecular weight is 168 g/mol. The van der Waals surface area contributed by atoms with Gasteiger partial charge in [0.25, 0.3) is 0 Å². The van der Waals surface area contributed by atoms with E-state index in [0.29, 0.717) is 17.8 Å². The SMILES string of the molecule is NC1=CN(NC2CC2)NC(N)=N1. The van der Waals surface area contributed by atoms with E-state index in [4.69, 9.17) is 11.5 Å². The van der Waals surface area contributed by atoms with Crippen LogP contribution >= 0.6 is 0 Å². The summed E-state index contributed by atoms with van der Waals surface area (Å²) in [6.07, 6.45) is 4.06. The van der Waals surface area contributed by atoms with E-state index in [2.05, 4.69) is 15.8 Å². The van der Waals surface area contributed by atoms with Crippen LogP contribution in [0.15, 0.2) is 17.0 Å². The highest BCUT2D eigenvalue weighted by Gasteiger charge is 2.23. The molecule has 0 atom stereocenters. The predicted molar refractivity (Wildman–Crippen MR) is 45.0 cm³/mol. The molecule has 0 aromatic carbocycles. The first kappa shape index (κ1) is 7.23. The third-order valence-electron chi connectivity index (χ3n) is 1.64. The Morgan fingerprint density at radius 1 is 1.58 bits per heavy atom. The highest BCUT2D eigenvalue weighted by molar-refractivity contribution is 5.79. The van der Waals surface area contributed by atoms with Crippen molar-refractivity contribution in [2.75, 3.05) is 0 Å². The zero-order chi connectivity index (χ0) is 8.55. The van der Waals surface area contributed by atoms with E-state index in [9.17, 15) is 0 Å². The molecule has 6 N–H and O–H groups in total. The van der Waals surface area contributed by atoms with E-state index in [1.165, 1.54) is 12.8 Å². The fourth-order valence-corrected chi connectivity index (χ4v) is 0.960. The lowest BCUT2D eigenvalue weighted by molar-refractivity contribution is 0.220. The molecular weight excluding hydrogens is 156 g/mol. The van der Waals surface area contributed by atoms with Gasteiger partial charge >= 0.3 is 0 Å².